The van der Waals surface area contributed by atoms with Crippen molar-refractivity contribution in [1.29, 1.82) is 0 Å². The van der Waals surface area contributed by atoms with Crippen LogP contribution in [0.25, 0.3) is 0 Å². The van der Waals surface area contributed by atoms with Crippen LogP contribution in [0.5, 0.6) is 0 Å². The molecule has 4 fully saturated rings. The molecule has 0 spiro atoms. The van der Waals surface area contributed by atoms with E-state index in [-0.39, 0.29) is 11.5 Å². The number of aliphatic hydroxyl groups is 1. The van der Waals surface area contributed by atoms with Gasteiger partial charge < -0.3 is 14.6 Å². The summed E-state index contributed by atoms with van der Waals surface area (Å²) in [5.41, 5.74) is -0.140. The predicted octanol–water partition coefficient (Wildman–Crippen LogP) is 5.47. The predicted molar refractivity (Wildman–Crippen MR) is 107 cm³/mol. The van der Waals surface area contributed by atoms with E-state index in [2.05, 4.69) is 13.8 Å². The number of rotatable bonds is 2. The van der Waals surface area contributed by atoms with E-state index in [0.29, 0.717) is 36.4 Å². The van der Waals surface area contributed by atoms with Gasteiger partial charge in [-0.2, -0.15) is 8.78 Å². The fourth-order valence-corrected chi connectivity index (χ4v) is 7.84. The fraction of sp³-hybridized carbons (Fsp3) is 0.917. The summed E-state index contributed by atoms with van der Waals surface area (Å²) in [5, 5.41) is 10.6. The summed E-state index contributed by atoms with van der Waals surface area (Å²) in [4.78, 5) is 0. The lowest BCUT2D eigenvalue weighted by atomic mass is 9.47. The van der Waals surface area contributed by atoms with Crippen LogP contribution in [0, 0.1) is 28.6 Å². The third kappa shape index (κ3) is 2.97. The molecule has 0 amide bonds. The third-order valence-electron chi connectivity index (χ3n) is 9.56. The maximum Gasteiger partial charge on any atom is 0.295 e. The number of fused-ring (bicyclic) bond motifs is 5. The average Bonchev–Trinajstić information content (AvgIpc) is 3.00. The van der Waals surface area contributed by atoms with E-state index in [9.17, 15) is 5.11 Å². The van der Waals surface area contributed by atoms with Gasteiger partial charge in [-0.15, -0.1) is 0 Å². The van der Waals surface area contributed by atoms with E-state index in [1.165, 1.54) is 0 Å². The minimum Gasteiger partial charge on any atom is -0.393 e. The average molecular weight is 411 g/mol. The largest absolute Gasteiger partial charge is 0.393 e. The molecule has 29 heavy (non-hydrogen) atoms. The van der Waals surface area contributed by atoms with Gasteiger partial charge in [0.2, 0.25) is 0 Å². The number of hydrogen-bond acceptors (Lipinski definition) is 3. The number of allylic oxidation sites excluding steroid dienone is 1. The van der Waals surface area contributed by atoms with Gasteiger partial charge in [-0.05, 0) is 92.8 Å². The Bertz CT molecular complexity index is 673. The highest BCUT2D eigenvalue weighted by Gasteiger charge is 2.64. The quantitative estimate of drug-likeness (QED) is 0.614. The maximum atomic E-state index is 15.7. The maximum absolute atomic E-state index is 15.7. The molecule has 0 aromatic rings. The molecule has 3 unspecified atom stereocenters. The molecule has 164 valence electrons. The Morgan fingerprint density at radius 2 is 1.86 bits per heavy atom. The monoisotopic (exact) mass is 410 g/mol. The third-order valence-corrected chi connectivity index (χ3v) is 9.56. The Balaban J connectivity index is 1.40. The molecule has 1 heterocycles. The van der Waals surface area contributed by atoms with Gasteiger partial charge in [-0.1, -0.05) is 19.9 Å². The first-order valence-corrected chi connectivity index (χ1v) is 11.8. The summed E-state index contributed by atoms with van der Waals surface area (Å²) in [7, 11) is 0. The molecule has 3 saturated carbocycles. The SMILES string of the molecule is C[C@]12CCC(OC3CCCCO3)C(F)(F)C1=CC[C@@H]1[C@H]2CC[C@]2(C)C(O)CC[C@@H]12. The molecule has 5 rings (SSSR count). The van der Waals surface area contributed by atoms with E-state index in [4.69, 9.17) is 9.47 Å². The van der Waals surface area contributed by atoms with Gasteiger partial charge in [-0.25, -0.2) is 0 Å². The van der Waals surface area contributed by atoms with Crippen LogP contribution in [0.4, 0.5) is 8.78 Å². The van der Waals surface area contributed by atoms with E-state index in [0.717, 1.165) is 57.8 Å². The molecule has 4 aliphatic carbocycles. The van der Waals surface area contributed by atoms with Gasteiger partial charge in [0.1, 0.15) is 6.10 Å². The van der Waals surface area contributed by atoms with Crippen LogP contribution in [-0.4, -0.2) is 36.1 Å². The summed E-state index contributed by atoms with van der Waals surface area (Å²) >= 11 is 0. The molecule has 0 aromatic heterocycles. The van der Waals surface area contributed by atoms with Crippen LogP contribution in [0.3, 0.4) is 0 Å². The topological polar surface area (TPSA) is 38.7 Å². The summed E-state index contributed by atoms with van der Waals surface area (Å²) in [6.45, 7) is 4.93. The lowest BCUT2D eigenvalue weighted by Crippen LogP contribution is -2.57. The molecule has 0 bridgehead atoms. The van der Waals surface area contributed by atoms with Gasteiger partial charge in [0, 0.05) is 12.2 Å². The molecule has 5 aliphatic rings. The Kier molecular flexibility index (Phi) is 4.92. The zero-order chi connectivity index (χ0) is 20.4. The van der Waals surface area contributed by atoms with Crippen molar-refractivity contribution in [3.05, 3.63) is 11.6 Å². The zero-order valence-corrected chi connectivity index (χ0v) is 17.8. The molecular formula is C24H36F2O3. The minimum atomic E-state index is -2.92. The molecule has 1 saturated heterocycles. The van der Waals surface area contributed by atoms with Gasteiger partial charge in [-0.3, -0.25) is 0 Å². The van der Waals surface area contributed by atoms with Crippen LogP contribution in [-0.2, 0) is 9.47 Å². The van der Waals surface area contributed by atoms with Gasteiger partial charge in [0.15, 0.2) is 6.29 Å². The van der Waals surface area contributed by atoms with Crippen molar-refractivity contribution in [2.24, 2.45) is 28.6 Å². The van der Waals surface area contributed by atoms with Crippen molar-refractivity contribution < 1.29 is 23.4 Å². The Labute approximate surface area is 173 Å². The van der Waals surface area contributed by atoms with E-state index >= 15 is 8.78 Å². The summed E-state index contributed by atoms with van der Waals surface area (Å²) in [5.74, 6) is -1.74. The summed E-state index contributed by atoms with van der Waals surface area (Å²) in [6.07, 6.45) is 8.50. The lowest BCUT2D eigenvalue weighted by molar-refractivity contribution is -0.246. The number of aliphatic hydroxyl groups excluding tert-OH is 1. The van der Waals surface area contributed by atoms with Crippen LogP contribution in [0.15, 0.2) is 11.6 Å². The van der Waals surface area contributed by atoms with Gasteiger partial charge in [0.25, 0.3) is 5.92 Å². The van der Waals surface area contributed by atoms with Crippen molar-refractivity contribution in [1.82, 2.24) is 0 Å². The van der Waals surface area contributed by atoms with Crippen LogP contribution >= 0.6 is 0 Å². The summed E-state index contributed by atoms with van der Waals surface area (Å²) < 4.78 is 42.8. The van der Waals surface area contributed by atoms with Crippen LogP contribution < -0.4 is 0 Å². The second-order valence-corrected chi connectivity index (χ2v) is 10.9. The molecule has 0 aromatic carbocycles. The number of hydrogen-bond donors (Lipinski definition) is 1. The first-order chi connectivity index (χ1) is 13.8. The molecule has 1 N–H and O–H groups in total. The highest BCUT2D eigenvalue weighted by Crippen LogP contribution is 2.66. The molecular weight excluding hydrogens is 374 g/mol. The Hall–Kier alpha value is -0.520. The van der Waals surface area contributed by atoms with Crippen molar-refractivity contribution in [2.75, 3.05) is 6.61 Å². The van der Waals surface area contributed by atoms with E-state index < -0.39 is 23.7 Å². The van der Waals surface area contributed by atoms with E-state index in [1.807, 2.05) is 6.08 Å². The molecule has 5 heteroatoms. The van der Waals surface area contributed by atoms with Crippen molar-refractivity contribution in [2.45, 2.75) is 102 Å². The minimum absolute atomic E-state index is 0.0238. The highest BCUT2D eigenvalue weighted by atomic mass is 19.3. The highest BCUT2D eigenvalue weighted by molar-refractivity contribution is 5.32. The number of ether oxygens (including phenoxy) is 2. The second-order valence-electron chi connectivity index (χ2n) is 10.9. The molecule has 3 nitrogen and oxygen atoms in total. The fourth-order valence-electron chi connectivity index (χ4n) is 7.84. The second kappa shape index (κ2) is 7.00. The molecule has 8 atom stereocenters. The van der Waals surface area contributed by atoms with Gasteiger partial charge in [0.05, 0.1) is 6.10 Å². The lowest BCUT2D eigenvalue weighted by Gasteiger charge is -2.59. The first-order valence-electron chi connectivity index (χ1n) is 11.8. The number of halogens is 2. The number of alkyl halides is 2. The molecule has 1 aliphatic heterocycles. The smallest absolute Gasteiger partial charge is 0.295 e. The normalized spacial score (nSPS) is 51.6. The van der Waals surface area contributed by atoms with E-state index in [1.54, 1.807) is 0 Å². The zero-order valence-electron chi connectivity index (χ0n) is 17.8. The summed E-state index contributed by atoms with van der Waals surface area (Å²) in [6, 6.07) is 0. The van der Waals surface area contributed by atoms with Crippen molar-refractivity contribution >= 4 is 0 Å². The van der Waals surface area contributed by atoms with Crippen LogP contribution in [0.1, 0.15) is 78.1 Å². The van der Waals surface area contributed by atoms with Crippen molar-refractivity contribution in [3.8, 4) is 0 Å². The molecule has 0 radical (unpaired) electrons. The first kappa shape index (κ1) is 20.4. The Morgan fingerprint density at radius 1 is 1.03 bits per heavy atom. The Morgan fingerprint density at radius 3 is 2.62 bits per heavy atom. The van der Waals surface area contributed by atoms with Gasteiger partial charge >= 0.3 is 0 Å². The van der Waals surface area contributed by atoms with Crippen molar-refractivity contribution in [3.63, 3.8) is 0 Å². The standard InChI is InChI=1S/C24H36F2O3/c1-22-13-11-20(29-21-5-3-4-14-28-21)24(25,26)18(22)8-6-15-16-7-9-19(27)23(16,2)12-10-17(15)22/h8,15-17,19-21,27H,3-7,9-14H2,1-2H3/t15-,16-,17+,19?,20?,21?,22+,23-/m0/s1. The van der Waals surface area contributed by atoms with Crippen LogP contribution in [0.2, 0.25) is 0 Å².